The van der Waals surface area contributed by atoms with Crippen LogP contribution in [0.5, 0.6) is 5.75 Å². The minimum atomic E-state index is -0.827. The second kappa shape index (κ2) is 10.1. The zero-order valence-electron chi connectivity index (χ0n) is 18.2. The molecule has 2 N–H and O–H groups in total. The van der Waals surface area contributed by atoms with Crippen molar-refractivity contribution in [2.75, 3.05) is 6.61 Å². The maximum atomic E-state index is 12.7. The van der Waals surface area contributed by atoms with E-state index in [9.17, 15) is 14.4 Å². The highest BCUT2D eigenvalue weighted by molar-refractivity contribution is 5.97. The number of hydrogen-bond acceptors (Lipinski definition) is 6. The van der Waals surface area contributed by atoms with E-state index < -0.39 is 17.4 Å². The lowest BCUT2D eigenvalue weighted by Gasteiger charge is -2.20. The minimum absolute atomic E-state index is 0.221. The van der Waals surface area contributed by atoms with Crippen LogP contribution in [-0.4, -0.2) is 30.5 Å². The van der Waals surface area contributed by atoms with Crippen LogP contribution in [0.3, 0.4) is 0 Å². The lowest BCUT2D eigenvalue weighted by molar-refractivity contribution is -0.147. The summed E-state index contributed by atoms with van der Waals surface area (Å²) in [5.74, 6) is -0.702. The second-order valence-electron chi connectivity index (χ2n) is 8.12. The topological polar surface area (TPSA) is 93.7 Å². The summed E-state index contributed by atoms with van der Waals surface area (Å²) in [5, 5.41) is 5.79. The molecular formula is C23H30N2O5. The summed E-state index contributed by atoms with van der Waals surface area (Å²) in [5.41, 5.74) is 1.53. The number of amides is 1. The Balaban J connectivity index is 2.10. The van der Waals surface area contributed by atoms with Gasteiger partial charge in [0, 0.05) is 17.7 Å². The number of nitrogens with one attached hydrogen (secondary N) is 2. The van der Waals surface area contributed by atoms with Gasteiger partial charge in [0.05, 0.1) is 12.0 Å². The number of rotatable bonds is 7. The van der Waals surface area contributed by atoms with Crippen LogP contribution in [0, 0.1) is 5.41 Å². The van der Waals surface area contributed by atoms with Crippen molar-refractivity contribution in [2.24, 2.45) is 5.41 Å². The molecule has 0 saturated heterocycles. The van der Waals surface area contributed by atoms with Gasteiger partial charge in [-0.25, -0.2) is 4.79 Å². The Hall–Kier alpha value is -3.09. The van der Waals surface area contributed by atoms with E-state index in [1.54, 1.807) is 58.2 Å². The number of dihydropyridines is 1. The molecule has 1 heterocycles. The van der Waals surface area contributed by atoms with Crippen LogP contribution in [-0.2, 0) is 25.5 Å². The van der Waals surface area contributed by atoms with Crippen LogP contribution < -0.4 is 15.4 Å². The van der Waals surface area contributed by atoms with Gasteiger partial charge >= 0.3 is 11.9 Å². The van der Waals surface area contributed by atoms with Gasteiger partial charge in [0.25, 0.3) is 0 Å². The van der Waals surface area contributed by atoms with Crippen molar-refractivity contribution >= 4 is 17.8 Å². The third-order valence-corrected chi connectivity index (χ3v) is 4.53. The van der Waals surface area contributed by atoms with Crippen LogP contribution in [0.1, 0.15) is 46.6 Å². The van der Waals surface area contributed by atoms with Gasteiger partial charge in [0.1, 0.15) is 11.8 Å². The highest BCUT2D eigenvalue weighted by Gasteiger charge is 2.26. The number of carbonyl (C=O) groups is 3. The third kappa shape index (κ3) is 6.47. The zero-order valence-corrected chi connectivity index (χ0v) is 18.2. The molecule has 1 aliphatic rings. The molecule has 1 amide bonds. The lowest BCUT2D eigenvalue weighted by atomic mass is 9.97. The molecule has 1 aromatic rings. The number of ether oxygens (including phenoxy) is 2. The highest BCUT2D eigenvalue weighted by atomic mass is 16.5. The number of allylic oxidation sites excluding steroid dienone is 2. The maximum absolute atomic E-state index is 12.7. The number of carbonyl (C=O) groups excluding carboxylic acids is 3. The van der Waals surface area contributed by atoms with E-state index in [1.165, 1.54) is 0 Å². The number of hydrogen-bond donors (Lipinski definition) is 2. The standard InChI is InChI=1S/C23H30N2O5/c1-6-29-21(27)19(25-20(26)18-8-7-13-24-15(18)2)14-16-9-11-17(12-10-16)30-22(28)23(3,4)5/h7,9-13,19,24H,6,8,14H2,1-5H3,(H,25,26). The fourth-order valence-electron chi connectivity index (χ4n) is 2.73. The summed E-state index contributed by atoms with van der Waals surface area (Å²) in [6, 6.07) is 6.04. The van der Waals surface area contributed by atoms with Crippen molar-refractivity contribution in [3.05, 3.63) is 53.4 Å². The van der Waals surface area contributed by atoms with Gasteiger partial charge in [-0.1, -0.05) is 18.2 Å². The van der Waals surface area contributed by atoms with E-state index in [1.807, 2.05) is 13.0 Å². The van der Waals surface area contributed by atoms with E-state index in [4.69, 9.17) is 9.47 Å². The van der Waals surface area contributed by atoms with E-state index in [0.29, 0.717) is 17.7 Å². The molecule has 30 heavy (non-hydrogen) atoms. The van der Waals surface area contributed by atoms with Gasteiger partial charge in [0.15, 0.2) is 0 Å². The molecule has 0 aliphatic carbocycles. The first-order valence-corrected chi connectivity index (χ1v) is 10.0. The Kier molecular flexibility index (Phi) is 7.80. The van der Waals surface area contributed by atoms with Gasteiger partial charge in [-0.05, 0) is 64.9 Å². The van der Waals surface area contributed by atoms with E-state index >= 15 is 0 Å². The molecular weight excluding hydrogens is 384 g/mol. The minimum Gasteiger partial charge on any atom is -0.464 e. The molecule has 7 heteroatoms. The van der Waals surface area contributed by atoms with E-state index in [-0.39, 0.29) is 24.9 Å². The Morgan fingerprint density at radius 2 is 1.83 bits per heavy atom. The van der Waals surface area contributed by atoms with Gasteiger partial charge in [-0.15, -0.1) is 0 Å². The third-order valence-electron chi connectivity index (χ3n) is 4.53. The molecule has 2 rings (SSSR count). The predicted molar refractivity (Wildman–Crippen MR) is 113 cm³/mol. The van der Waals surface area contributed by atoms with Crippen molar-refractivity contribution < 1.29 is 23.9 Å². The van der Waals surface area contributed by atoms with Gasteiger partial charge in [-0.2, -0.15) is 0 Å². The molecule has 0 aromatic heterocycles. The molecule has 1 atom stereocenters. The smallest absolute Gasteiger partial charge is 0.328 e. The fourth-order valence-corrected chi connectivity index (χ4v) is 2.73. The fraction of sp³-hybridized carbons (Fsp3) is 0.435. The van der Waals surface area contributed by atoms with Crippen molar-refractivity contribution in [2.45, 2.75) is 53.5 Å². The summed E-state index contributed by atoms with van der Waals surface area (Å²) in [6.45, 7) is 9.10. The Bertz CT molecular complexity index is 847. The molecule has 0 spiro atoms. The largest absolute Gasteiger partial charge is 0.464 e. The van der Waals surface area contributed by atoms with Gasteiger partial charge in [-0.3, -0.25) is 9.59 Å². The predicted octanol–water partition coefficient (Wildman–Crippen LogP) is 3.01. The average molecular weight is 415 g/mol. The van der Waals surface area contributed by atoms with Crippen LogP contribution in [0.2, 0.25) is 0 Å². The lowest BCUT2D eigenvalue weighted by Crippen LogP contribution is -2.44. The number of benzene rings is 1. The first kappa shape index (κ1) is 23.2. The molecule has 0 fully saturated rings. The monoisotopic (exact) mass is 414 g/mol. The Labute approximate surface area is 177 Å². The molecule has 7 nitrogen and oxygen atoms in total. The van der Waals surface area contributed by atoms with Crippen LogP contribution in [0.15, 0.2) is 47.8 Å². The number of esters is 2. The molecule has 162 valence electrons. The van der Waals surface area contributed by atoms with Crippen LogP contribution in [0.25, 0.3) is 0 Å². The summed E-state index contributed by atoms with van der Waals surface area (Å²) >= 11 is 0. The normalized spacial score (nSPS) is 14.6. The van der Waals surface area contributed by atoms with Gasteiger partial charge in [0.2, 0.25) is 5.91 Å². The Morgan fingerprint density at radius 1 is 1.17 bits per heavy atom. The van der Waals surface area contributed by atoms with Crippen LogP contribution in [0.4, 0.5) is 0 Å². The summed E-state index contributed by atoms with van der Waals surface area (Å²) in [7, 11) is 0. The van der Waals surface area contributed by atoms with E-state index in [2.05, 4.69) is 10.6 Å². The van der Waals surface area contributed by atoms with E-state index in [0.717, 1.165) is 11.3 Å². The molecule has 0 radical (unpaired) electrons. The summed E-state index contributed by atoms with van der Waals surface area (Å²) in [6.07, 6.45) is 4.38. The van der Waals surface area contributed by atoms with Crippen LogP contribution >= 0.6 is 0 Å². The quantitative estimate of drug-likeness (QED) is 0.526. The Morgan fingerprint density at radius 3 is 2.40 bits per heavy atom. The van der Waals surface area contributed by atoms with Crippen molar-refractivity contribution in [1.29, 1.82) is 0 Å². The van der Waals surface area contributed by atoms with Crippen molar-refractivity contribution in [3.63, 3.8) is 0 Å². The SMILES string of the molecule is CCOC(=O)C(Cc1ccc(OC(=O)C(C)(C)C)cc1)NC(=O)C1=C(C)NC=CC1. The van der Waals surface area contributed by atoms with Crippen molar-refractivity contribution in [1.82, 2.24) is 10.6 Å². The van der Waals surface area contributed by atoms with Crippen molar-refractivity contribution in [3.8, 4) is 5.75 Å². The molecule has 0 saturated carbocycles. The highest BCUT2D eigenvalue weighted by Crippen LogP contribution is 2.20. The second-order valence-corrected chi connectivity index (χ2v) is 8.12. The average Bonchev–Trinajstić information content (AvgIpc) is 2.68. The zero-order chi connectivity index (χ0) is 22.3. The first-order chi connectivity index (χ1) is 14.1. The summed E-state index contributed by atoms with van der Waals surface area (Å²) in [4.78, 5) is 37.1. The molecule has 1 aliphatic heterocycles. The molecule has 1 aromatic carbocycles. The maximum Gasteiger partial charge on any atom is 0.328 e. The molecule has 0 bridgehead atoms. The first-order valence-electron chi connectivity index (χ1n) is 10.0. The molecule has 1 unspecified atom stereocenters. The summed E-state index contributed by atoms with van der Waals surface area (Å²) < 4.78 is 10.5. The van der Waals surface area contributed by atoms with Gasteiger partial charge < -0.3 is 20.1 Å².